The van der Waals surface area contributed by atoms with E-state index >= 15 is 0 Å². The number of aromatic nitrogens is 2. The van der Waals surface area contributed by atoms with Crippen LogP contribution >= 0.6 is 0 Å². The number of hydrogen-bond acceptors (Lipinski definition) is 8. The number of methoxy groups -OCH3 is 3. The van der Waals surface area contributed by atoms with Crippen molar-refractivity contribution in [3.05, 3.63) is 60.2 Å². The van der Waals surface area contributed by atoms with Gasteiger partial charge in [0.1, 0.15) is 23.8 Å². The first-order valence-electron chi connectivity index (χ1n) is 13.9. The highest BCUT2D eigenvalue weighted by Crippen LogP contribution is 2.32. The maximum absolute atomic E-state index is 13.3. The maximum atomic E-state index is 13.3. The summed E-state index contributed by atoms with van der Waals surface area (Å²) in [6.07, 6.45) is 0.921. The number of anilines is 1. The van der Waals surface area contributed by atoms with E-state index in [0.717, 1.165) is 17.8 Å². The Morgan fingerprint density at radius 2 is 1.56 bits per heavy atom. The molecule has 218 valence electrons. The predicted molar refractivity (Wildman–Crippen MR) is 158 cm³/mol. The molecular weight excluding hydrogens is 522 g/mol. The largest absolute Gasteiger partial charge is 0.497 e. The van der Waals surface area contributed by atoms with Crippen molar-refractivity contribution >= 4 is 17.6 Å². The molecule has 1 fully saturated rings. The van der Waals surface area contributed by atoms with E-state index in [-0.39, 0.29) is 24.3 Å². The molecule has 2 aromatic carbocycles. The highest BCUT2D eigenvalue weighted by Gasteiger charge is 2.27. The van der Waals surface area contributed by atoms with Gasteiger partial charge in [-0.2, -0.15) is 0 Å². The zero-order valence-corrected chi connectivity index (χ0v) is 24.5. The molecule has 3 aromatic rings. The summed E-state index contributed by atoms with van der Waals surface area (Å²) in [5, 5.41) is 8.88. The molecule has 0 radical (unpaired) electrons. The zero-order chi connectivity index (χ0) is 29.4. The quantitative estimate of drug-likeness (QED) is 0.347. The number of piperazine rings is 1. The van der Waals surface area contributed by atoms with E-state index in [0.29, 0.717) is 61.2 Å². The summed E-state index contributed by atoms with van der Waals surface area (Å²) in [5.74, 6) is 2.88. The SMILES string of the molecule is CC[C@H](C)CN(CC(=O)N1CCN(c2ccc(-c3ccc(OC)cc3OC)nn2)CC1)C(=O)c1ccc(OC)cc1. The lowest BCUT2D eigenvalue weighted by molar-refractivity contribution is -0.132. The first-order valence-corrected chi connectivity index (χ1v) is 13.9. The van der Waals surface area contributed by atoms with Crippen LogP contribution in [-0.2, 0) is 4.79 Å². The molecule has 1 atom stereocenters. The molecule has 1 aromatic heterocycles. The molecule has 0 unspecified atom stereocenters. The second-order valence-corrected chi connectivity index (χ2v) is 10.1. The number of hydrogen-bond donors (Lipinski definition) is 0. The summed E-state index contributed by atoms with van der Waals surface area (Å²) in [4.78, 5) is 32.3. The van der Waals surface area contributed by atoms with Gasteiger partial charge in [0.05, 0.1) is 27.0 Å². The molecule has 1 aliphatic heterocycles. The lowest BCUT2D eigenvalue weighted by atomic mass is 10.1. The molecule has 2 heterocycles. The third-order valence-corrected chi connectivity index (χ3v) is 7.47. The fourth-order valence-corrected chi connectivity index (χ4v) is 4.74. The van der Waals surface area contributed by atoms with Gasteiger partial charge in [-0.05, 0) is 54.4 Å². The van der Waals surface area contributed by atoms with Gasteiger partial charge in [0.15, 0.2) is 5.82 Å². The Hall–Kier alpha value is -4.34. The summed E-state index contributed by atoms with van der Waals surface area (Å²) >= 11 is 0. The molecule has 0 saturated carbocycles. The third kappa shape index (κ3) is 7.25. The summed E-state index contributed by atoms with van der Waals surface area (Å²) in [5.41, 5.74) is 2.07. The molecule has 0 aliphatic carbocycles. The topological polar surface area (TPSA) is 97.3 Å². The van der Waals surface area contributed by atoms with Crippen LogP contribution in [0.25, 0.3) is 11.3 Å². The first kappa shape index (κ1) is 29.6. The van der Waals surface area contributed by atoms with E-state index in [2.05, 4.69) is 28.9 Å². The molecule has 1 aliphatic rings. The van der Waals surface area contributed by atoms with Crippen LogP contribution in [0.3, 0.4) is 0 Å². The number of carbonyl (C=O) groups excluding carboxylic acids is 2. The summed E-state index contributed by atoms with van der Waals surface area (Å²) in [6.45, 7) is 7.10. The molecule has 10 nitrogen and oxygen atoms in total. The number of carbonyl (C=O) groups is 2. The van der Waals surface area contributed by atoms with Crippen LogP contribution < -0.4 is 19.1 Å². The van der Waals surface area contributed by atoms with E-state index < -0.39 is 0 Å². The minimum absolute atomic E-state index is 0.0490. The predicted octanol–water partition coefficient (Wildman–Crippen LogP) is 4.01. The van der Waals surface area contributed by atoms with Crippen LogP contribution in [0.1, 0.15) is 30.6 Å². The normalized spacial score (nSPS) is 13.9. The number of nitrogens with zero attached hydrogens (tertiary/aromatic N) is 5. The lowest BCUT2D eigenvalue weighted by Crippen LogP contribution is -2.52. The number of amides is 2. The average molecular weight is 562 g/mol. The minimum atomic E-state index is -0.149. The second kappa shape index (κ2) is 13.8. The van der Waals surface area contributed by atoms with Crippen molar-refractivity contribution in [2.45, 2.75) is 20.3 Å². The van der Waals surface area contributed by atoms with E-state index in [4.69, 9.17) is 14.2 Å². The van der Waals surface area contributed by atoms with Gasteiger partial charge in [0.25, 0.3) is 5.91 Å². The lowest BCUT2D eigenvalue weighted by Gasteiger charge is -2.36. The number of rotatable bonds is 11. The molecule has 2 amide bonds. The Morgan fingerprint density at radius 1 is 0.878 bits per heavy atom. The van der Waals surface area contributed by atoms with Crippen molar-refractivity contribution in [2.75, 3.05) is 65.5 Å². The molecular formula is C31H39N5O5. The van der Waals surface area contributed by atoms with Crippen molar-refractivity contribution in [1.29, 1.82) is 0 Å². The van der Waals surface area contributed by atoms with Gasteiger partial charge in [0, 0.05) is 49.9 Å². The van der Waals surface area contributed by atoms with Gasteiger partial charge < -0.3 is 28.9 Å². The summed E-state index contributed by atoms with van der Waals surface area (Å²) in [6, 6.07) is 16.4. The second-order valence-electron chi connectivity index (χ2n) is 10.1. The molecule has 0 spiro atoms. The van der Waals surface area contributed by atoms with Crippen LogP contribution in [0.5, 0.6) is 17.2 Å². The highest BCUT2D eigenvalue weighted by molar-refractivity contribution is 5.96. The van der Waals surface area contributed by atoms with Crippen LogP contribution in [0.2, 0.25) is 0 Å². The monoisotopic (exact) mass is 561 g/mol. The van der Waals surface area contributed by atoms with Gasteiger partial charge >= 0.3 is 0 Å². The van der Waals surface area contributed by atoms with Crippen molar-refractivity contribution in [2.24, 2.45) is 5.92 Å². The van der Waals surface area contributed by atoms with E-state index in [1.807, 2.05) is 35.2 Å². The Morgan fingerprint density at radius 3 is 2.15 bits per heavy atom. The zero-order valence-electron chi connectivity index (χ0n) is 24.5. The molecule has 0 bridgehead atoms. The third-order valence-electron chi connectivity index (χ3n) is 7.47. The van der Waals surface area contributed by atoms with Gasteiger partial charge in [-0.1, -0.05) is 20.3 Å². The Labute approximate surface area is 241 Å². The molecule has 1 saturated heterocycles. The first-order chi connectivity index (χ1) is 19.9. The van der Waals surface area contributed by atoms with E-state index in [9.17, 15) is 9.59 Å². The Bertz CT molecular complexity index is 1310. The Balaban J connectivity index is 1.37. The minimum Gasteiger partial charge on any atom is -0.497 e. The summed E-state index contributed by atoms with van der Waals surface area (Å²) in [7, 11) is 4.81. The molecule has 4 rings (SSSR count). The van der Waals surface area contributed by atoms with Crippen molar-refractivity contribution < 1.29 is 23.8 Å². The van der Waals surface area contributed by atoms with Crippen molar-refractivity contribution in [3.63, 3.8) is 0 Å². The van der Waals surface area contributed by atoms with Crippen LogP contribution in [0, 0.1) is 5.92 Å². The summed E-state index contributed by atoms with van der Waals surface area (Å²) < 4.78 is 16.0. The van der Waals surface area contributed by atoms with Crippen molar-refractivity contribution in [3.8, 4) is 28.5 Å². The number of ether oxygens (including phenoxy) is 3. The van der Waals surface area contributed by atoms with Gasteiger partial charge in [0.2, 0.25) is 5.91 Å². The molecule has 41 heavy (non-hydrogen) atoms. The molecule has 10 heteroatoms. The average Bonchev–Trinajstić information content (AvgIpc) is 3.03. The van der Waals surface area contributed by atoms with Gasteiger partial charge in [-0.25, -0.2) is 0 Å². The van der Waals surface area contributed by atoms with Crippen LogP contribution in [0.4, 0.5) is 5.82 Å². The van der Waals surface area contributed by atoms with E-state index in [1.165, 1.54) is 0 Å². The van der Waals surface area contributed by atoms with Crippen LogP contribution in [0.15, 0.2) is 54.6 Å². The van der Waals surface area contributed by atoms with Gasteiger partial charge in [-0.3, -0.25) is 9.59 Å². The smallest absolute Gasteiger partial charge is 0.254 e. The fraction of sp³-hybridized carbons (Fsp3) is 0.419. The van der Waals surface area contributed by atoms with E-state index in [1.54, 1.807) is 50.5 Å². The number of benzene rings is 2. The Kier molecular flexibility index (Phi) is 10.00. The molecule has 0 N–H and O–H groups in total. The van der Waals surface area contributed by atoms with Gasteiger partial charge in [-0.15, -0.1) is 10.2 Å². The maximum Gasteiger partial charge on any atom is 0.254 e. The highest BCUT2D eigenvalue weighted by atomic mass is 16.5. The van der Waals surface area contributed by atoms with Crippen molar-refractivity contribution in [1.82, 2.24) is 20.0 Å². The standard InChI is InChI=1S/C31H39N5O5/c1-6-22(2)20-36(31(38)23-7-9-24(39-3)10-8-23)21-30(37)35-17-15-34(16-18-35)29-14-13-27(32-33-29)26-12-11-25(40-4)19-28(26)41-5/h7-14,19,22H,6,15-18,20-21H2,1-5H3/t22-/m0/s1. The fourth-order valence-electron chi connectivity index (χ4n) is 4.74. The van der Waals surface area contributed by atoms with Crippen LogP contribution in [-0.4, -0.2) is 92.4 Å².